The Kier molecular flexibility index (Phi) is 5.69. The predicted molar refractivity (Wildman–Crippen MR) is 63.8 cm³/mol. The molecule has 1 unspecified atom stereocenters. The molecule has 96 valence electrons. The molecule has 5 heteroatoms. The van der Waals surface area contributed by atoms with Gasteiger partial charge in [-0.2, -0.15) is 0 Å². The van der Waals surface area contributed by atoms with E-state index >= 15 is 0 Å². The normalized spacial score (nSPS) is 12.6. The molecule has 1 heterocycles. The van der Waals surface area contributed by atoms with Gasteiger partial charge in [0.2, 0.25) is 0 Å². The lowest BCUT2D eigenvalue weighted by Gasteiger charge is -2.11. The van der Waals surface area contributed by atoms with Crippen LogP contribution in [-0.2, 0) is 11.3 Å². The summed E-state index contributed by atoms with van der Waals surface area (Å²) in [5, 5.41) is 10.4. The van der Waals surface area contributed by atoms with Gasteiger partial charge >= 0.3 is 5.88 Å². The van der Waals surface area contributed by atoms with Crippen LogP contribution in [0.1, 0.15) is 45.3 Å². The maximum Gasteiger partial charge on any atom is 0.433 e. The Bertz CT molecular complexity index is 348. The molecule has 0 aliphatic carbocycles. The molecule has 0 bridgehead atoms. The average molecular weight is 241 g/mol. The summed E-state index contributed by atoms with van der Waals surface area (Å²) in [5.74, 6) is 0.265. The number of unbranched alkanes of at least 4 members (excludes halogenated alkanes) is 2. The van der Waals surface area contributed by atoms with Crippen LogP contribution in [0, 0.1) is 10.1 Å². The van der Waals surface area contributed by atoms with E-state index in [2.05, 4.69) is 6.92 Å². The number of hydrogen-bond acceptors (Lipinski definition) is 4. The van der Waals surface area contributed by atoms with Crippen LogP contribution in [0.3, 0.4) is 0 Å². The summed E-state index contributed by atoms with van der Waals surface area (Å²) in [5.41, 5.74) is 0. The highest BCUT2D eigenvalue weighted by molar-refractivity contribution is 5.17. The summed E-state index contributed by atoms with van der Waals surface area (Å²) in [6.07, 6.45) is 4.72. The smallest absolute Gasteiger partial charge is 0.403 e. The highest BCUT2D eigenvalue weighted by Crippen LogP contribution is 2.17. The lowest BCUT2D eigenvalue weighted by Crippen LogP contribution is -2.07. The van der Waals surface area contributed by atoms with Crippen LogP contribution in [-0.4, -0.2) is 11.0 Å². The number of furan rings is 1. The van der Waals surface area contributed by atoms with Gasteiger partial charge in [-0.25, -0.2) is 0 Å². The van der Waals surface area contributed by atoms with E-state index in [0.29, 0.717) is 12.4 Å². The summed E-state index contributed by atoms with van der Waals surface area (Å²) in [4.78, 5) is 9.85. The van der Waals surface area contributed by atoms with Crippen LogP contribution < -0.4 is 0 Å². The third-order valence-electron chi connectivity index (χ3n) is 2.55. The van der Waals surface area contributed by atoms with Crippen LogP contribution in [0.4, 0.5) is 5.88 Å². The van der Waals surface area contributed by atoms with E-state index in [4.69, 9.17) is 9.15 Å². The number of ether oxygens (including phenoxy) is 1. The molecule has 0 radical (unpaired) electrons. The molecular weight excluding hydrogens is 222 g/mol. The molecule has 0 spiro atoms. The van der Waals surface area contributed by atoms with Crippen molar-refractivity contribution >= 4 is 5.88 Å². The van der Waals surface area contributed by atoms with Gasteiger partial charge in [-0.05, 0) is 19.4 Å². The minimum atomic E-state index is -0.547. The van der Waals surface area contributed by atoms with E-state index in [-0.39, 0.29) is 12.0 Å². The Hall–Kier alpha value is -1.36. The quantitative estimate of drug-likeness (QED) is 0.395. The first-order valence-corrected chi connectivity index (χ1v) is 5.98. The van der Waals surface area contributed by atoms with E-state index in [1.54, 1.807) is 6.07 Å². The number of nitrogens with zero attached hydrogens (tertiary/aromatic N) is 1. The molecule has 0 aromatic carbocycles. The van der Waals surface area contributed by atoms with E-state index in [1.807, 2.05) is 6.92 Å². The van der Waals surface area contributed by atoms with E-state index in [9.17, 15) is 10.1 Å². The lowest BCUT2D eigenvalue weighted by atomic mass is 10.1. The summed E-state index contributed by atoms with van der Waals surface area (Å²) in [6.45, 7) is 4.46. The second kappa shape index (κ2) is 7.06. The van der Waals surface area contributed by atoms with E-state index in [0.717, 1.165) is 12.8 Å². The van der Waals surface area contributed by atoms with Gasteiger partial charge in [0, 0.05) is 0 Å². The second-order valence-corrected chi connectivity index (χ2v) is 4.11. The largest absolute Gasteiger partial charge is 0.433 e. The van der Waals surface area contributed by atoms with Gasteiger partial charge < -0.3 is 9.15 Å². The first-order valence-electron chi connectivity index (χ1n) is 5.98. The summed E-state index contributed by atoms with van der Waals surface area (Å²) in [7, 11) is 0. The number of rotatable bonds is 8. The molecule has 0 aliphatic rings. The maximum atomic E-state index is 10.4. The van der Waals surface area contributed by atoms with Crippen molar-refractivity contribution in [3.63, 3.8) is 0 Å². The topological polar surface area (TPSA) is 65.5 Å². The molecular formula is C12H19NO4. The number of hydrogen-bond donors (Lipinski definition) is 0. The van der Waals surface area contributed by atoms with Crippen molar-refractivity contribution in [2.75, 3.05) is 0 Å². The Balaban J connectivity index is 2.26. The van der Waals surface area contributed by atoms with Gasteiger partial charge in [-0.3, -0.25) is 10.1 Å². The van der Waals surface area contributed by atoms with Crippen molar-refractivity contribution in [1.29, 1.82) is 0 Å². The SMILES string of the molecule is CCCCCC(C)OCc1ccc([N+](=O)[O-])o1. The van der Waals surface area contributed by atoms with Crippen LogP contribution in [0.15, 0.2) is 16.5 Å². The van der Waals surface area contributed by atoms with Crippen molar-refractivity contribution in [2.24, 2.45) is 0 Å². The molecule has 0 saturated heterocycles. The minimum absolute atomic E-state index is 0.158. The molecule has 0 fully saturated rings. The fraction of sp³-hybridized carbons (Fsp3) is 0.667. The number of nitro groups is 1. The minimum Gasteiger partial charge on any atom is -0.403 e. The summed E-state index contributed by atoms with van der Waals surface area (Å²) >= 11 is 0. The van der Waals surface area contributed by atoms with Crippen LogP contribution in [0.2, 0.25) is 0 Å². The molecule has 0 amide bonds. The first-order chi connectivity index (χ1) is 8.13. The zero-order valence-corrected chi connectivity index (χ0v) is 10.3. The predicted octanol–water partition coefficient (Wildman–Crippen LogP) is 3.67. The fourth-order valence-electron chi connectivity index (χ4n) is 1.53. The zero-order chi connectivity index (χ0) is 12.7. The van der Waals surface area contributed by atoms with Gasteiger partial charge in [0.15, 0.2) is 0 Å². The van der Waals surface area contributed by atoms with Crippen LogP contribution >= 0.6 is 0 Å². The Labute approximate surface area is 101 Å². The third-order valence-corrected chi connectivity index (χ3v) is 2.55. The van der Waals surface area contributed by atoms with Crippen molar-refractivity contribution in [3.8, 4) is 0 Å². The highest BCUT2D eigenvalue weighted by Gasteiger charge is 2.12. The monoisotopic (exact) mass is 241 g/mol. The van der Waals surface area contributed by atoms with Crippen LogP contribution in [0.25, 0.3) is 0 Å². The van der Waals surface area contributed by atoms with Gasteiger partial charge in [0.1, 0.15) is 17.3 Å². The molecule has 1 aromatic heterocycles. The van der Waals surface area contributed by atoms with Crippen molar-refractivity contribution in [1.82, 2.24) is 0 Å². The second-order valence-electron chi connectivity index (χ2n) is 4.11. The third kappa shape index (κ3) is 4.99. The van der Waals surface area contributed by atoms with Crippen molar-refractivity contribution < 1.29 is 14.1 Å². The Morgan fingerprint density at radius 3 is 2.82 bits per heavy atom. The first kappa shape index (κ1) is 13.7. The molecule has 0 saturated carbocycles. The molecule has 0 N–H and O–H groups in total. The lowest BCUT2D eigenvalue weighted by molar-refractivity contribution is -0.402. The molecule has 1 atom stereocenters. The van der Waals surface area contributed by atoms with Gasteiger partial charge in [0.25, 0.3) is 0 Å². The average Bonchev–Trinajstić information content (AvgIpc) is 2.75. The Morgan fingerprint density at radius 2 is 2.24 bits per heavy atom. The summed E-state index contributed by atoms with van der Waals surface area (Å²) < 4.78 is 10.5. The Morgan fingerprint density at radius 1 is 1.47 bits per heavy atom. The van der Waals surface area contributed by atoms with E-state index < -0.39 is 4.92 Å². The molecule has 1 aromatic rings. The molecule has 0 aliphatic heterocycles. The van der Waals surface area contributed by atoms with Crippen LogP contribution in [0.5, 0.6) is 0 Å². The van der Waals surface area contributed by atoms with Gasteiger partial charge in [0.05, 0.1) is 12.2 Å². The molecule has 5 nitrogen and oxygen atoms in total. The van der Waals surface area contributed by atoms with Gasteiger partial charge in [-0.1, -0.05) is 26.2 Å². The van der Waals surface area contributed by atoms with Gasteiger partial charge in [-0.15, -0.1) is 0 Å². The maximum absolute atomic E-state index is 10.4. The molecule has 17 heavy (non-hydrogen) atoms. The standard InChI is InChI=1S/C12H19NO4/c1-3-4-5-6-10(2)16-9-11-7-8-12(17-11)13(14)15/h7-8,10H,3-6,9H2,1-2H3. The fourth-order valence-corrected chi connectivity index (χ4v) is 1.53. The highest BCUT2D eigenvalue weighted by atomic mass is 16.6. The summed E-state index contributed by atoms with van der Waals surface area (Å²) in [6, 6.07) is 2.93. The molecule has 1 rings (SSSR count). The van der Waals surface area contributed by atoms with Crippen molar-refractivity contribution in [2.45, 2.75) is 52.2 Å². The van der Waals surface area contributed by atoms with Crippen molar-refractivity contribution in [3.05, 3.63) is 28.0 Å². The van der Waals surface area contributed by atoms with E-state index in [1.165, 1.54) is 18.9 Å². The zero-order valence-electron chi connectivity index (χ0n) is 10.3.